The summed E-state index contributed by atoms with van der Waals surface area (Å²) in [6, 6.07) is 0. The molecule has 0 aromatic carbocycles. The molecule has 0 rings (SSSR count). The van der Waals surface area contributed by atoms with E-state index in [2.05, 4.69) is 32.7 Å². The average Bonchev–Trinajstić information content (AvgIpc) is 2.13. The first-order valence-electron chi connectivity index (χ1n) is 5.69. The van der Waals surface area contributed by atoms with Crippen LogP contribution >= 0.6 is 0 Å². The number of nitrogens with zero attached hydrogens (tertiary/aromatic N) is 1. The fourth-order valence-electron chi connectivity index (χ4n) is 1.15. The van der Waals surface area contributed by atoms with Crippen LogP contribution in [0.2, 0.25) is 0 Å². The van der Waals surface area contributed by atoms with E-state index in [1.807, 2.05) is 13.8 Å². The van der Waals surface area contributed by atoms with Crippen LogP contribution in [0.25, 0.3) is 0 Å². The number of rotatable bonds is 6. The second-order valence-corrected chi connectivity index (χ2v) is 5.64. The fourth-order valence-corrected chi connectivity index (χ4v) is 1.15. The highest BCUT2D eigenvalue weighted by Crippen LogP contribution is 2.23. The molecule has 0 aliphatic rings. The van der Waals surface area contributed by atoms with Gasteiger partial charge in [0.15, 0.2) is 0 Å². The highest BCUT2D eigenvalue weighted by Gasteiger charge is 2.26. The van der Waals surface area contributed by atoms with Gasteiger partial charge in [-0.1, -0.05) is 20.8 Å². The van der Waals surface area contributed by atoms with Gasteiger partial charge in [0.25, 0.3) is 0 Å². The van der Waals surface area contributed by atoms with Crippen molar-refractivity contribution in [2.24, 2.45) is 11.1 Å². The highest BCUT2D eigenvalue weighted by molar-refractivity contribution is 5.82. The standard InChI is InChI=1S/C12H27N3/c1-7-12(4,5)15(6)9-8-11(2,3)10(13)14/h7-9H2,1-6H3,(H3,13,14). The summed E-state index contributed by atoms with van der Waals surface area (Å²) in [4.78, 5) is 2.34. The van der Waals surface area contributed by atoms with Crippen LogP contribution in [0.4, 0.5) is 0 Å². The van der Waals surface area contributed by atoms with E-state index in [0.717, 1.165) is 19.4 Å². The third-order valence-corrected chi connectivity index (χ3v) is 3.70. The van der Waals surface area contributed by atoms with E-state index in [1.165, 1.54) is 0 Å². The van der Waals surface area contributed by atoms with E-state index in [9.17, 15) is 0 Å². The summed E-state index contributed by atoms with van der Waals surface area (Å²) in [5, 5.41) is 7.50. The van der Waals surface area contributed by atoms with E-state index >= 15 is 0 Å². The van der Waals surface area contributed by atoms with Crippen molar-refractivity contribution in [1.29, 1.82) is 5.41 Å². The van der Waals surface area contributed by atoms with Gasteiger partial charge in [-0.15, -0.1) is 0 Å². The molecule has 0 aromatic heterocycles. The molecule has 0 heterocycles. The Morgan fingerprint density at radius 1 is 1.27 bits per heavy atom. The van der Waals surface area contributed by atoms with Crippen LogP contribution in [0, 0.1) is 10.8 Å². The average molecular weight is 213 g/mol. The second kappa shape index (κ2) is 4.97. The summed E-state index contributed by atoms with van der Waals surface area (Å²) in [5.41, 5.74) is 5.61. The maximum absolute atomic E-state index is 7.50. The van der Waals surface area contributed by atoms with Crippen molar-refractivity contribution in [3.8, 4) is 0 Å². The lowest BCUT2D eigenvalue weighted by Crippen LogP contribution is -2.43. The molecule has 0 fully saturated rings. The van der Waals surface area contributed by atoms with Gasteiger partial charge in [0, 0.05) is 11.0 Å². The molecule has 0 spiro atoms. The molecule has 0 unspecified atom stereocenters. The van der Waals surface area contributed by atoms with Crippen LogP contribution in [0.5, 0.6) is 0 Å². The summed E-state index contributed by atoms with van der Waals surface area (Å²) in [6.07, 6.45) is 2.06. The Morgan fingerprint density at radius 3 is 2.07 bits per heavy atom. The normalized spacial score (nSPS) is 13.3. The molecular formula is C12H27N3. The van der Waals surface area contributed by atoms with Gasteiger partial charge < -0.3 is 10.6 Å². The molecule has 0 aromatic rings. The number of nitrogens with two attached hydrogens (primary N) is 1. The fraction of sp³-hybridized carbons (Fsp3) is 0.917. The molecule has 0 saturated heterocycles. The zero-order valence-electron chi connectivity index (χ0n) is 11.1. The molecule has 0 atom stereocenters. The van der Waals surface area contributed by atoms with Gasteiger partial charge in [-0.25, -0.2) is 0 Å². The molecule has 0 amide bonds. The molecular weight excluding hydrogens is 186 g/mol. The Balaban J connectivity index is 4.23. The van der Waals surface area contributed by atoms with Gasteiger partial charge in [-0.05, 0) is 40.3 Å². The molecule has 15 heavy (non-hydrogen) atoms. The molecule has 0 bridgehead atoms. The van der Waals surface area contributed by atoms with Gasteiger partial charge >= 0.3 is 0 Å². The minimum atomic E-state index is -0.182. The van der Waals surface area contributed by atoms with E-state index in [-0.39, 0.29) is 16.8 Å². The molecule has 3 N–H and O–H groups in total. The van der Waals surface area contributed by atoms with Crippen LogP contribution in [-0.4, -0.2) is 29.9 Å². The topological polar surface area (TPSA) is 53.1 Å². The predicted molar refractivity (Wildman–Crippen MR) is 67.3 cm³/mol. The van der Waals surface area contributed by atoms with Gasteiger partial charge in [0.2, 0.25) is 0 Å². The summed E-state index contributed by atoms with van der Waals surface area (Å²) >= 11 is 0. The van der Waals surface area contributed by atoms with Crippen molar-refractivity contribution in [1.82, 2.24) is 4.90 Å². The monoisotopic (exact) mass is 213 g/mol. The maximum Gasteiger partial charge on any atom is 0.0963 e. The van der Waals surface area contributed by atoms with Gasteiger partial charge in [-0.2, -0.15) is 0 Å². The molecule has 3 heteroatoms. The molecule has 90 valence electrons. The van der Waals surface area contributed by atoms with Crippen LogP contribution in [-0.2, 0) is 0 Å². The second-order valence-electron chi connectivity index (χ2n) is 5.64. The first-order chi connectivity index (χ1) is 6.63. The summed E-state index contributed by atoms with van der Waals surface area (Å²) in [6.45, 7) is 11.7. The minimum Gasteiger partial charge on any atom is -0.387 e. The SMILES string of the molecule is CCC(C)(C)N(C)CCC(C)(C)C(=N)N. The summed E-state index contributed by atoms with van der Waals surface area (Å²) in [5.74, 6) is 0.283. The van der Waals surface area contributed by atoms with Crippen LogP contribution in [0.15, 0.2) is 0 Å². The predicted octanol–water partition coefficient (Wildman–Crippen LogP) is 2.46. The first kappa shape index (κ1) is 14.4. The van der Waals surface area contributed by atoms with Crippen molar-refractivity contribution in [3.05, 3.63) is 0 Å². The highest BCUT2D eigenvalue weighted by atomic mass is 15.2. The minimum absolute atomic E-state index is 0.182. The van der Waals surface area contributed by atoms with Gasteiger partial charge in [0.05, 0.1) is 5.84 Å². The zero-order valence-corrected chi connectivity index (χ0v) is 11.1. The molecule has 0 aliphatic carbocycles. The van der Waals surface area contributed by atoms with E-state index < -0.39 is 0 Å². The Hall–Kier alpha value is -0.570. The van der Waals surface area contributed by atoms with Gasteiger partial charge in [-0.3, -0.25) is 5.41 Å². The molecule has 3 nitrogen and oxygen atoms in total. The van der Waals surface area contributed by atoms with E-state index in [1.54, 1.807) is 0 Å². The van der Waals surface area contributed by atoms with E-state index in [4.69, 9.17) is 11.1 Å². The quantitative estimate of drug-likeness (QED) is 0.526. The summed E-state index contributed by atoms with van der Waals surface area (Å²) in [7, 11) is 2.14. The third kappa shape index (κ3) is 4.20. The Kier molecular flexibility index (Phi) is 4.78. The van der Waals surface area contributed by atoms with Crippen molar-refractivity contribution < 1.29 is 0 Å². The molecule has 0 radical (unpaired) electrons. The van der Waals surface area contributed by atoms with Gasteiger partial charge in [0.1, 0.15) is 0 Å². The van der Waals surface area contributed by atoms with Crippen LogP contribution in [0.3, 0.4) is 0 Å². The van der Waals surface area contributed by atoms with Crippen molar-refractivity contribution >= 4 is 5.84 Å². The Morgan fingerprint density at radius 2 is 1.73 bits per heavy atom. The third-order valence-electron chi connectivity index (χ3n) is 3.70. The number of amidine groups is 1. The van der Waals surface area contributed by atoms with Crippen molar-refractivity contribution in [2.45, 2.75) is 53.0 Å². The van der Waals surface area contributed by atoms with Crippen molar-refractivity contribution in [3.63, 3.8) is 0 Å². The maximum atomic E-state index is 7.50. The number of hydrogen-bond donors (Lipinski definition) is 2. The molecule has 0 aliphatic heterocycles. The van der Waals surface area contributed by atoms with E-state index in [0.29, 0.717) is 0 Å². The Bertz CT molecular complexity index is 219. The van der Waals surface area contributed by atoms with Crippen molar-refractivity contribution in [2.75, 3.05) is 13.6 Å². The largest absolute Gasteiger partial charge is 0.387 e. The number of hydrogen-bond acceptors (Lipinski definition) is 2. The smallest absolute Gasteiger partial charge is 0.0963 e. The molecule has 0 saturated carbocycles. The number of nitrogens with one attached hydrogen (secondary N) is 1. The Labute approximate surface area is 94.5 Å². The lowest BCUT2D eigenvalue weighted by molar-refractivity contribution is 0.139. The lowest BCUT2D eigenvalue weighted by atomic mass is 9.87. The first-order valence-corrected chi connectivity index (χ1v) is 5.69. The summed E-state index contributed by atoms with van der Waals surface area (Å²) < 4.78 is 0. The lowest BCUT2D eigenvalue weighted by Gasteiger charge is -2.37. The van der Waals surface area contributed by atoms with Crippen LogP contribution < -0.4 is 5.73 Å². The zero-order chi connectivity index (χ0) is 12.3. The van der Waals surface area contributed by atoms with Crippen LogP contribution in [0.1, 0.15) is 47.5 Å².